The molecule has 0 amide bonds. The highest BCUT2D eigenvalue weighted by Crippen LogP contribution is 2.15. The molecule has 5 aliphatic heterocycles. The number of thioether (sulfide) groups is 1. The largest absolute Gasteiger partial charge is 0.381 e. The van der Waals surface area contributed by atoms with Gasteiger partial charge in [0.05, 0.1) is 24.7 Å². The van der Waals surface area contributed by atoms with Crippen LogP contribution < -0.4 is 10.6 Å². The first-order valence-corrected chi connectivity index (χ1v) is 15.5. The molecule has 0 unspecified atom stereocenters. The van der Waals surface area contributed by atoms with Crippen LogP contribution in [0.2, 0.25) is 0 Å². The number of hydrogen-bond donors (Lipinski definition) is 2. The maximum atomic E-state index is 10.4. The predicted octanol–water partition coefficient (Wildman–Crippen LogP) is 3.65. The highest BCUT2D eigenvalue weighted by molar-refractivity contribution is 7.99. The zero-order chi connectivity index (χ0) is 22.3. The van der Waals surface area contributed by atoms with Crippen molar-refractivity contribution in [1.29, 1.82) is 0 Å². The molecule has 6 nitrogen and oxygen atoms in total. The minimum Gasteiger partial charge on any atom is -0.381 e. The number of ether oxygens (including phenoxy) is 2. The average molecular weight is 481 g/mol. The number of nitrogens with one attached hydrogen (secondary N) is 2. The maximum absolute atomic E-state index is 10.4. The standard InChI is InChI=1S/C5H11N.C5H10O.C5H10S.C4H9NO.C4H8O2S/c3*1-2-4-6-5-3-1;1-3-6-4-2-5-1;5-7(6)3-1-2-4-7/h6H,1-5H2;2*1-5H2;5H,1-4H2;1-4H2. The molecule has 0 aromatic rings. The third-order valence-electron chi connectivity index (χ3n) is 5.37. The van der Waals surface area contributed by atoms with Gasteiger partial charge in [0.2, 0.25) is 0 Å². The summed E-state index contributed by atoms with van der Waals surface area (Å²) in [4.78, 5) is 0. The van der Waals surface area contributed by atoms with Gasteiger partial charge in [-0.2, -0.15) is 11.8 Å². The molecule has 2 N–H and O–H groups in total. The van der Waals surface area contributed by atoms with Crippen LogP contribution in [0.4, 0.5) is 0 Å². The van der Waals surface area contributed by atoms with Crippen LogP contribution in [0.25, 0.3) is 0 Å². The van der Waals surface area contributed by atoms with E-state index in [-0.39, 0.29) is 0 Å². The molecule has 5 rings (SSSR count). The van der Waals surface area contributed by atoms with Crippen LogP contribution in [-0.4, -0.2) is 84.0 Å². The highest BCUT2D eigenvalue weighted by Gasteiger charge is 2.16. The fourth-order valence-corrected chi connectivity index (χ4v) is 5.95. The van der Waals surface area contributed by atoms with Gasteiger partial charge in [-0.15, -0.1) is 0 Å². The molecule has 186 valence electrons. The van der Waals surface area contributed by atoms with E-state index in [1.165, 1.54) is 82.4 Å². The lowest BCUT2D eigenvalue weighted by Gasteiger charge is -2.10. The summed E-state index contributed by atoms with van der Waals surface area (Å²) in [5.74, 6) is 3.68. The number of hydrogen-bond acceptors (Lipinski definition) is 7. The lowest BCUT2D eigenvalue weighted by atomic mass is 10.2. The molecule has 0 bridgehead atoms. The van der Waals surface area contributed by atoms with Crippen LogP contribution in [0.15, 0.2) is 0 Å². The molecular weight excluding hydrogens is 432 g/mol. The van der Waals surface area contributed by atoms with Crippen molar-refractivity contribution in [2.45, 2.75) is 70.6 Å². The molecule has 0 atom stereocenters. The van der Waals surface area contributed by atoms with Gasteiger partial charge in [0, 0.05) is 26.3 Å². The SMILES string of the molecule is C1CCNCC1.C1CCOCC1.C1CCSCC1.C1COCCN1.O=S1(=O)CCCC1. The summed E-state index contributed by atoms with van der Waals surface area (Å²) >= 11 is 2.09. The van der Waals surface area contributed by atoms with Crippen LogP contribution in [0.3, 0.4) is 0 Å². The van der Waals surface area contributed by atoms with E-state index >= 15 is 0 Å². The molecule has 0 aromatic heterocycles. The van der Waals surface area contributed by atoms with Crippen molar-refractivity contribution in [2.75, 3.05) is 75.6 Å². The first-order valence-electron chi connectivity index (χ1n) is 12.6. The fourth-order valence-electron chi connectivity index (χ4n) is 3.44. The van der Waals surface area contributed by atoms with Gasteiger partial charge >= 0.3 is 0 Å². The molecule has 5 aliphatic rings. The van der Waals surface area contributed by atoms with E-state index in [4.69, 9.17) is 9.47 Å². The Morgan fingerprint density at radius 3 is 1.16 bits per heavy atom. The Labute approximate surface area is 196 Å². The third-order valence-corrected chi connectivity index (χ3v) is 8.34. The quantitative estimate of drug-likeness (QED) is 0.548. The molecule has 5 saturated heterocycles. The molecule has 8 heteroatoms. The summed E-state index contributed by atoms with van der Waals surface area (Å²) in [7, 11) is -2.55. The zero-order valence-corrected chi connectivity index (χ0v) is 21.3. The first kappa shape index (κ1) is 29.2. The first-order chi connectivity index (χ1) is 15.2. The van der Waals surface area contributed by atoms with Crippen molar-refractivity contribution >= 4 is 21.6 Å². The van der Waals surface area contributed by atoms with Crippen LogP contribution in [0.1, 0.15) is 70.6 Å². The summed E-state index contributed by atoms with van der Waals surface area (Å²) in [5.41, 5.74) is 0. The Morgan fingerprint density at radius 1 is 0.516 bits per heavy atom. The lowest BCUT2D eigenvalue weighted by Crippen LogP contribution is -2.30. The van der Waals surface area contributed by atoms with E-state index in [2.05, 4.69) is 22.4 Å². The van der Waals surface area contributed by atoms with Crippen LogP contribution in [0.5, 0.6) is 0 Å². The van der Waals surface area contributed by atoms with Crippen molar-refractivity contribution < 1.29 is 17.9 Å². The van der Waals surface area contributed by atoms with Crippen molar-refractivity contribution in [1.82, 2.24) is 10.6 Å². The van der Waals surface area contributed by atoms with E-state index in [0.717, 1.165) is 52.4 Å². The highest BCUT2D eigenvalue weighted by atomic mass is 32.2. The minimum absolute atomic E-state index is 0.424. The van der Waals surface area contributed by atoms with Gasteiger partial charge in [0.1, 0.15) is 9.84 Å². The summed E-state index contributed by atoms with van der Waals surface area (Å²) in [6.07, 6.45) is 14.3. The molecular formula is C23H48N2O4S2. The topological polar surface area (TPSA) is 76.7 Å². The Bertz CT molecular complexity index is 356. The fraction of sp³-hybridized carbons (Fsp3) is 1.00. The normalized spacial score (nSPS) is 24.9. The van der Waals surface area contributed by atoms with Gasteiger partial charge in [0.15, 0.2) is 0 Å². The predicted molar refractivity (Wildman–Crippen MR) is 134 cm³/mol. The second-order valence-corrected chi connectivity index (χ2v) is 11.9. The Balaban J connectivity index is 0.000000194. The summed E-state index contributed by atoms with van der Waals surface area (Å²) in [5, 5.41) is 6.44. The van der Waals surface area contributed by atoms with Crippen LogP contribution in [0, 0.1) is 0 Å². The molecule has 31 heavy (non-hydrogen) atoms. The molecule has 5 heterocycles. The summed E-state index contributed by atoms with van der Waals surface area (Å²) < 4.78 is 30.9. The van der Waals surface area contributed by atoms with Crippen LogP contribution >= 0.6 is 11.8 Å². The number of morpholine rings is 1. The van der Waals surface area contributed by atoms with Gasteiger partial charge in [-0.1, -0.05) is 12.8 Å². The summed E-state index contributed by atoms with van der Waals surface area (Å²) in [6.45, 7) is 8.33. The van der Waals surface area contributed by atoms with E-state index in [0.29, 0.717) is 11.5 Å². The lowest BCUT2D eigenvalue weighted by molar-refractivity contribution is 0.0968. The molecule has 0 aliphatic carbocycles. The smallest absolute Gasteiger partial charge is 0.150 e. The van der Waals surface area contributed by atoms with Crippen molar-refractivity contribution in [3.05, 3.63) is 0 Å². The number of rotatable bonds is 0. The van der Waals surface area contributed by atoms with E-state index < -0.39 is 9.84 Å². The summed E-state index contributed by atoms with van der Waals surface area (Å²) in [6, 6.07) is 0. The van der Waals surface area contributed by atoms with E-state index in [1.807, 2.05) is 0 Å². The minimum atomic E-state index is -2.55. The number of sulfone groups is 1. The van der Waals surface area contributed by atoms with Crippen LogP contribution in [-0.2, 0) is 19.3 Å². The average Bonchev–Trinajstić information content (AvgIpc) is 3.29. The molecule has 0 spiro atoms. The number of piperidine rings is 1. The Kier molecular flexibility index (Phi) is 20.7. The molecule has 0 saturated carbocycles. The van der Waals surface area contributed by atoms with Gasteiger partial charge in [-0.05, 0) is 82.4 Å². The molecule has 0 radical (unpaired) electrons. The molecule has 0 aromatic carbocycles. The van der Waals surface area contributed by atoms with Crippen molar-refractivity contribution in [3.8, 4) is 0 Å². The van der Waals surface area contributed by atoms with E-state index in [1.54, 1.807) is 0 Å². The monoisotopic (exact) mass is 480 g/mol. The van der Waals surface area contributed by atoms with Gasteiger partial charge in [-0.25, -0.2) is 8.42 Å². The van der Waals surface area contributed by atoms with Crippen molar-refractivity contribution in [2.24, 2.45) is 0 Å². The Hall–Kier alpha value is 0.140. The third kappa shape index (κ3) is 21.7. The Morgan fingerprint density at radius 2 is 1.00 bits per heavy atom. The second kappa shape index (κ2) is 22.0. The van der Waals surface area contributed by atoms with Gasteiger partial charge in [0.25, 0.3) is 0 Å². The van der Waals surface area contributed by atoms with Gasteiger partial charge < -0.3 is 20.1 Å². The molecule has 5 fully saturated rings. The van der Waals surface area contributed by atoms with Gasteiger partial charge in [-0.3, -0.25) is 0 Å². The zero-order valence-electron chi connectivity index (χ0n) is 19.7. The second-order valence-electron chi connectivity index (χ2n) is 8.38. The van der Waals surface area contributed by atoms with Crippen molar-refractivity contribution in [3.63, 3.8) is 0 Å². The maximum Gasteiger partial charge on any atom is 0.150 e. The van der Waals surface area contributed by atoms with E-state index in [9.17, 15) is 8.42 Å².